The van der Waals surface area contributed by atoms with Gasteiger partial charge in [-0.3, -0.25) is 4.57 Å². The van der Waals surface area contributed by atoms with Crippen LogP contribution in [-0.4, -0.2) is 19.5 Å². The van der Waals surface area contributed by atoms with E-state index in [1.54, 1.807) is 0 Å². The van der Waals surface area contributed by atoms with E-state index >= 15 is 0 Å². The molecule has 316 valence electrons. The molecule has 4 nitrogen and oxygen atoms in total. The molecule has 4 heteroatoms. The van der Waals surface area contributed by atoms with E-state index < -0.39 is 5.41 Å². The van der Waals surface area contributed by atoms with Crippen LogP contribution in [0.2, 0.25) is 0 Å². The molecule has 0 N–H and O–H groups in total. The molecule has 0 radical (unpaired) electrons. The molecule has 0 saturated heterocycles. The molecule has 10 aromatic carbocycles. The molecule has 0 unspecified atom stereocenters. The number of para-hydroxylation sites is 1. The Balaban J connectivity index is 0.964. The average molecular weight is 865 g/mol. The lowest BCUT2D eigenvalue weighted by Crippen LogP contribution is -2.26. The molecule has 0 aliphatic heterocycles. The number of hydrogen-bond donors (Lipinski definition) is 0. The van der Waals surface area contributed by atoms with E-state index in [0.29, 0.717) is 17.6 Å². The van der Waals surface area contributed by atoms with E-state index in [9.17, 15) is 0 Å². The Kier molecular flexibility index (Phi) is 8.46. The zero-order valence-electron chi connectivity index (χ0n) is 36.9. The molecule has 2 aromatic heterocycles. The van der Waals surface area contributed by atoms with Gasteiger partial charge < -0.3 is 0 Å². The zero-order chi connectivity index (χ0) is 44.8. The SMILES string of the molecule is c1ccc(-c2ccc(-c3nc(-c4ccc(-c5ccccc5)cc4)nc(-n4c5ccccc5c5cc(-c6cccc7c6C6(c8ccccc8-c8ccccc86)c6ccccc6-7)ccc54)n3)cc2)cc1. The maximum Gasteiger partial charge on any atom is 0.238 e. The van der Waals surface area contributed by atoms with Gasteiger partial charge in [0, 0.05) is 21.9 Å². The summed E-state index contributed by atoms with van der Waals surface area (Å²) in [5.74, 6) is 1.79. The van der Waals surface area contributed by atoms with Gasteiger partial charge in [-0.2, -0.15) is 9.97 Å². The predicted molar refractivity (Wildman–Crippen MR) is 278 cm³/mol. The van der Waals surface area contributed by atoms with Crippen molar-refractivity contribution in [3.05, 3.63) is 265 Å². The molecule has 0 fully saturated rings. The predicted octanol–water partition coefficient (Wildman–Crippen LogP) is 15.6. The summed E-state index contributed by atoms with van der Waals surface area (Å²) in [5, 5.41) is 2.27. The van der Waals surface area contributed by atoms with Gasteiger partial charge in [0.2, 0.25) is 5.95 Å². The fourth-order valence-corrected chi connectivity index (χ4v) is 11.4. The monoisotopic (exact) mass is 864 g/mol. The Morgan fingerprint density at radius 2 is 0.691 bits per heavy atom. The molecular weight excluding hydrogens is 825 g/mol. The third-order valence-corrected chi connectivity index (χ3v) is 14.3. The fourth-order valence-electron chi connectivity index (χ4n) is 11.4. The number of aromatic nitrogens is 4. The standard InChI is InChI=1S/C64H40N4/c1-3-16-41(17-4-1)43-30-34-45(35-31-43)61-65-62(46-36-32-44(33-37-46)42-18-5-2-6-19-42)67-63(66-61)68-58-29-14-10-23-52(58)54-40-47(38-39-59(54)68)48-24-15-25-53-51-22-9-13-28-57(51)64(60(48)53)55-26-11-7-20-49(55)50-21-8-12-27-56(50)64/h1-40H. The summed E-state index contributed by atoms with van der Waals surface area (Å²) in [4.78, 5) is 15.8. The molecular formula is C64H40N4. The first-order valence-electron chi connectivity index (χ1n) is 23.3. The van der Waals surface area contributed by atoms with Crippen LogP contribution in [-0.2, 0) is 5.41 Å². The molecule has 14 rings (SSSR count). The maximum atomic E-state index is 5.32. The van der Waals surface area contributed by atoms with Crippen LogP contribution in [0.3, 0.4) is 0 Å². The van der Waals surface area contributed by atoms with Crippen molar-refractivity contribution in [2.24, 2.45) is 0 Å². The highest BCUT2D eigenvalue weighted by Gasteiger charge is 2.52. The second-order valence-electron chi connectivity index (χ2n) is 17.9. The second kappa shape index (κ2) is 15.0. The maximum absolute atomic E-state index is 5.32. The largest absolute Gasteiger partial charge is 0.278 e. The van der Waals surface area contributed by atoms with E-state index in [0.717, 1.165) is 55.2 Å². The lowest BCUT2D eigenvalue weighted by molar-refractivity contribution is 0.796. The molecule has 1 spiro atoms. The van der Waals surface area contributed by atoms with Crippen LogP contribution in [0, 0.1) is 0 Å². The minimum atomic E-state index is -0.463. The molecule has 2 heterocycles. The zero-order valence-corrected chi connectivity index (χ0v) is 36.9. The summed E-state index contributed by atoms with van der Waals surface area (Å²) in [6.07, 6.45) is 0. The Bertz CT molecular complexity index is 3780. The van der Waals surface area contributed by atoms with Crippen LogP contribution >= 0.6 is 0 Å². The van der Waals surface area contributed by atoms with Crippen LogP contribution in [0.4, 0.5) is 0 Å². The van der Waals surface area contributed by atoms with E-state index in [2.05, 4.69) is 235 Å². The van der Waals surface area contributed by atoms with Gasteiger partial charge in [0.05, 0.1) is 16.4 Å². The lowest BCUT2D eigenvalue weighted by atomic mass is 9.68. The summed E-state index contributed by atoms with van der Waals surface area (Å²) in [6, 6.07) is 87.5. The summed E-state index contributed by atoms with van der Waals surface area (Å²) in [6.45, 7) is 0. The van der Waals surface area contributed by atoms with Crippen molar-refractivity contribution in [2.45, 2.75) is 5.41 Å². The average Bonchev–Trinajstić information content (AvgIpc) is 4.03. The quantitative estimate of drug-likeness (QED) is 0.167. The Morgan fingerprint density at radius 1 is 0.279 bits per heavy atom. The molecule has 0 saturated carbocycles. The van der Waals surface area contributed by atoms with Crippen LogP contribution in [0.25, 0.3) is 106 Å². The number of fused-ring (bicyclic) bond motifs is 13. The Morgan fingerprint density at radius 3 is 1.26 bits per heavy atom. The van der Waals surface area contributed by atoms with Crippen LogP contribution in [0.1, 0.15) is 22.3 Å². The summed E-state index contributed by atoms with van der Waals surface area (Å²) in [5.41, 5.74) is 21.0. The van der Waals surface area contributed by atoms with Crippen molar-refractivity contribution in [1.82, 2.24) is 19.5 Å². The van der Waals surface area contributed by atoms with Crippen molar-refractivity contribution in [2.75, 3.05) is 0 Å². The summed E-state index contributed by atoms with van der Waals surface area (Å²) < 4.78 is 2.22. The van der Waals surface area contributed by atoms with Gasteiger partial charge in [-0.1, -0.05) is 224 Å². The van der Waals surface area contributed by atoms with Crippen LogP contribution in [0.5, 0.6) is 0 Å². The van der Waals surface area contributed by atoms with Crippen molar-refractivity contribution in [3.8, 4) is 84.4 Å². The number of nitrogens with zero attached hydrogens (tertiary/aromatic N) is 4. The van der Waals surface area contributed by atoms with Gasteiger partial charge in [0.25, 0.3) is 0 Å². The van der Waals surface area contributed by atoms with Crippen LogP contribution in [0.15, 0.2) is 243 Å². The normalized spacial score (nSPS) is 12.8. The third-order valence-electron chi connectivity index (χ3n) is 14.3. The highest BCUT2D eigenvalue weighted by Crippen LogP contribution is 2.64. The van der Waals surface area contributed by atoms with E-state index in [-0.39, 0.29) is 0 Å². The molecule has 68 heavy (non-hydrogen) atoms. The topological polar surface area (TPSA) is 43.6 Å². The van der Waals surface area contributed by atoms with Crippen molar-refractivity contribution < 1.29 is 0 Å². The van der Waals surface area contributed by atoms with Gasteiger partial charge in [0.15, 0.2) is 11.6 Å². The van der Waals surface area contributed by atoms with Gasteiger partial charge in [-0.05, 0) is 96.1 Å². The first-order valence-corrected chi connectivity index (χ1v) is 23.3. The van der Waals surface area contributed by atoms with Gasteiger partial charge in [0.1, 0.15) is 0 Å². The molecule has 0 atom stereocenters. The second-order valence-corrected chi connectivity index (χ2v) is 17.9. The minimum Gasteiger partial charge on any atom is -0.278 e. The summed E-state index contributed by atoms with van der Waals surface area (Å²) >= 11 is 0. The molecule has 0 amide bonds. The van der Waals surface area contributed by atoms with Gasteiger partial charge in [-0.15, -0.1) is 0 Å². The Hall–Kier alpha value is -8.99. The molecule has 0 bridgehead atoms. The van der Waals surface area contributed by atoms with E-state index in [4.69, 9.17) is 15.0 Å². The number of hydrogen-bond acceptors (Lipinski definition) is 3. The highest BCUT2D eigenvalue weighted by molar-refractivity contribution is 6.11. The first kappa shape index (κ1) is 38.3. The molecule has 2 aliphatic carbocycles. The Labute approximate surface area is 394 Å². The first-order chi connectivity index (χ1) is 33.7. The minimum absolute atomic E-state index is 0.463. The van der Waals surface area contributed by atoms with E-state index in [1.807, 2.05) is 12.1 Å². The molecule has 2 aliphatic rings. The highest BCUT2D eigenvalue weighted by atomic mass is 15.2. The summed E-state index contributed by atoms with van der Waals surface area (Å²) in [7, 11) is 0. The van der Waals surface area contributed by atoms with Crippen LogP contribution < -0.4 is 0 Å². The van der Waals surface area contributed by atoms with Gasteiger partial charge >= 0.3 is 0 Å². The van der Waals surface area contributed by atoms with Crippen molar-refractivity contribution in [1.29, 1.82) is 0 Å². The van der Waals surface area contributed by atoms with Crippen molar-refractivity contribution >= 4 is 21.8 Å². The third kappa shape index (κ3) is 5.64. The lowest BCUT2D eigenvalue weighted by Gasteiger charge is -2.32. The smallest absolute Gasteiger partial charge is 0.238 e. The number of benzene rings is 10. The van der Waals surface area contributed by atoms with Crippen molar-refractivity contribution in [3.63, 3.8) is 0 Å². The number of rotatable bonds is 6. The van der Waals surface area contributed by atoms with E-state index in [1.165, 1.54) is 55.6 Å². The fraction of sp³-hybridized carbons (Fsp3) is 0.0156. The molecule has 12 aromatic rings. The van der Waals surface area contributed by atoms with Gasteiger partial charge in [-0.25, -0.2) is 4.98 Å².